The standard InChI is InChI=1S/C42H44N4/c1-2-6-40-39(5-1)43-27-35-17-9-31(10-18-35)25-33-13-21-37(22-14-33)29-45-41-7-3-4-8-42(41)46-30-38-23-15-34(16-24-38)26-32-11-19-36(20-12-32)28-44-40/h9-24,27-30,39-42H,1-8,25-26H2/t39-,40-,41-,42-/m1/s1. The van der Waals surface area contributed by atoms with Crippen LogP contribution >= 0.6 is 0 Å². The molecule has 232 valence electrons. The molecule has 0 aromatic heterocycles. The largest absolute Gasteiger partial charge is 0.287 e. The third-order valence-electron chi connectivity index (χ3n) is 9.78. The second kappa shape index (κ2) is 14.8. The molecule has 0 N–H and O–H groups in total. The lowest BCUT2D eigenvalue weighted by atomic mass is 9.91. The maximum Gasteiger partial charge on any atom is 0.0723 e. The normalized spacial score (nSPS) is 23.3. The van der Waals surface area contributed by atoms with Crippen LogP contribution in [0.25, 0.3) is 0 Å². The van der Waals surface area contributed by atoms with Gasteiger partial charge in [-0.25, -0.2) is 0 Å². The summed E-state index contributed by atoms with van der Waals surface area (Å²) < 4.78 is 0. The van der Waals surface area contributed by atoms with Gasteiger partial charge in [0, 0.05) is 24.9 Å². The predicted octanol–water partition coefficient (Wildman–Crippen LogP) is 8.88. The average Bonchev–Trinajstić information content (AvgIpc) is 3.11. The van der Waals surface area contributed by atoms with Gasteiger partial charge in [-0.1, -0.05) is 123 Å². The van der Waals surface area contributed by atoms with E-state index >= 15 is 0 Å². The van der Waals surface area contributed by atoms with Gasteiger partial charge in [0.1, 0.15) is 0 Å². The Labute approximate surface area is 274 Å². The molecule has 9 aliphatic rings. The van der Waals surface area contributed by atoms with Crippen molar-refractivity contribution < 1.29 is 0 Å². The summed E-state index contributed by atoms with van der Waals surface area (Å²) in [6.07, 6.45) is 19.3. The van der Waals surface area contributed by atoms with Crippen molar-refractivity contribution in [2.75, 3.05) is 0 Å². The van der Waals surface area contributed by atoms with Crippen molar-refractivity contribution in [3.63, 3.8) is 0 Å². The van der Waals surface area contributed by atoms with E-state index in [-0.39, 0.29) is 24.2 Å². The SMILES string of the molecule is C1=N[C@@H]2CCCC[C@H]2N=Cc2ccc(cc2)Cc2ccc(cc2)C=N[C@@H]2CCCC[C@H]2N=Cc2ccc(cc2)Cc2ccc1cc2. The summed E-state index contributed by atoms with van der Waals surface area (Å²) in [6, 6.07) is 36.3. The molecule has 0 amide bonds. The zero-order valence-electron chi connectivity index (χ0n) is 26.7. The molecule has 2 aliphatic carbocycles. The molecule has 4 atom stereocenters. The summed E-state index contributed by atoms with van der Waals surface area (Å²) >= 11 is 0. The Bertz CT molecular complexity index is 1420. The molecule has 4 nitrogen and oxygen atoms in total. The van der Waals surface area contributed by atoms with Crippen molar-refractivity contribution >= 4 is 24.9 Å². The van der Waals surface area contributed by atoms with Crippen LogP contribution in [-0.2, 0) is 12.8 Å². The molecule has 0 saturated heterocycles. The number of rotatable bonds is 0. The summed E-state index contributed by atoms with van der Waals surface area (Å²) in [4.78, 5) is 20.2. The minimum atomic E-state index is 0.239. The second-order valence-corrected chi connectivity index (χ2v) is 13.3. The number of hydrogen-bond donors (Lipinski definition) is 0. The van der Waals surface area contributed by atoms with E-state index < -0.39 is 0 Å². The van der Waals surface area contributed by atoms with Gasteiger partial charge < -0.3 is 0 Å². The highest BCUT2D eigenvalue weighted by atomic mass is 14.9. The fraction of sp³-hybridized carbons (Fsp3) is 0.333. The van der Waals surface area contributed by atoms with Crippen LogP contribution in [0, 0.1) is 0 Å². The first-order valence-corrected chi connectivity index (χ1v) is 17.2. The summed E-state index contributed by atoms with van der Waals surface area (Å²) in [7, 11) is 0. The molecule has 4 aromatic carbocycles. The van der Waals surface area contributed by atoms with E-state index in [4.69, 9.17) is 20.0 Å². The van der Waals surface area contributed by atoms with Crippen molar-refractivity contribution in [3.8, 4) is 0 Å². The third-order valence-corrected chi connectivity index (χ3v) is 9.78. The Hall–Kier alpha value is -4.44. The fourth-order valence-corrected chi connectivity index (χ4v) is 6.96. The lowest BCUT2D eigenvalue weighted by molar-refractivity contribution is 0.390. The van der Waals surface area contributed by atoms with Crippen molar-refractivity contribution in [2.24, 2.45) is 20.0 Å². The Kier molecular flexibility index (Phi) is 9.70. The lowest BCUT2D eigenvalue weighted by Crippen LogP contribution is -2.27. The van der Waals surface area contributed by atoms with Crippen LogP contribution in [0.4, 0.5) is 0 Å². The Morgan fingerprint density at radius 2 is 0.522 bits per heavy atom. The molecule has 8 bridgehead atoms. The minimum absolute atomic E-state index is 0.239. The Morgan fingerprint density at radius 1 is 0.304 bits per heavy atom. The van der Waals surface area contributed by atoms with Gasteiger partial charge >= 0.3 is 0 Å². The quantitative estimate of drug-likeness (QED) is 0.193. The highest BCUT2D eigenvalue weighted by Gasteiger charge is 2.24. The van der Waals surface area contributed by atoms with Crippen LogP contribution in [0.3, 0.4) is 0 Å². The van der Waals surface area contributed by atoms with E-state index in [0.717, 1.165) is 60.8 Å². The first-order chi connectivity index (χ1) is 22.7. The maximum atomic E-state index is 5.04. The molecule has 4 aromatic rings. The van der Waals surface area contributed by atoms with Gasteiger partial charge in [-0.05, 0) is 83.0 Å². The van der Waals surface area contributed by atoms with E-state index in [9.17, 15) is 0 Å². The van der Waals surface area contributed by atoms with E-state index in [1.165, 1.54) is 47.9 Å². The molecule has 46 heavy (non-hydrogen) atoms. The van der Waals surface area contributed by atoms with Gasteiger partial charge in [-0.3, -0.25) is 20.0 Å². The van der Waals surface area contributed by atoms with E-state index in [1.807, 2.05) is 0 Å². The topological polar surface area (TPSA) is 49.4 Å². The van der Waals surface area contributed by atoms with Crippen molar-refractivity contribution in [3.05, 3.63) is 142 Å². The fourth-order valence-electron chi connectivity index (χ4n) is 6.96. The molecule has 7 heterocycles. The molecule has 0 unspecified atom stereocenters. The zero-order chi connectivity index (χ0) is 31.0. The van der Waals surface area contributed by atoms with Crippen LogP contribution in [0.5, 0.6) is 0 Å². The average molecular weight is 605 g/mol. The molecule has 2 saturated carbocycles. The van der Waals surface area contributed by atoms with Gasteiger partial charge in [0.2, 0.25) is 0 Å². The predicted molar refractivity (Wildman–Crippen MR) is 194 cm³/mol. The van der Waals surface area contributed by atoms with Crippen LogP contribution in [-0.4, -0.2) is 49.0 Å². The van der Waals surface area contributed by atoms with E-state index in [1.54, 1.807) is 0 Å². The van der Waals surface area contributed by atoms with Crippen molar-refractivity contribution in [1.29, 1.82) is 0 Å². The first-order valence-electron chi connectivity index (χ1n) is 17.2. The third kappa shape index (κ3) is 8.04. The van der Waals surface area contributed by atoms with Crippen LogP contribution < -0.4 is 0 Å². The number of hydrogen-bond acceptors (Lipinski definition) is 4. The molecule has 0 spiro atoms. The highest BCUT2D eigenvalue weighted by molar-refractivity contribution is 5.82. The summed E-state index contributed by atoms with van der Waals surface area (Å²) in [5.41, 5.74) is 9.84. The van der Waals surface area contributed by atoms with Crippen LogP contribution in [0.15, 0.2) is 117 Å². The minimum Gasteiger partial charge on any atom is -0.287 e. The molecular formula is C42H44N4. The Balaban J connectivity index is 1.14. The van der Waals surface area contributed by atoms with E-state index in [0.29, 0.717) is 0 Å². The second-order valence-electron chi connectivity index (χ2n) is 13.3. The summed E-state index contributed by atoms with van der Waals surface area (Å²) in [5, 5.41) is 0. The monoisotopic (exact) mass is 604 g/mol. The Morgan fingerprint density at radius 3 is 0.739 bits per heavy atom. The van der Waals surface area contributed by atoms with Crippen molar-refractivity contribution in [1.82, 2.24) is 0 Å². The molecule has 4 heteroatoms. The van der Waals surface area contributed by atoms with Gasteiger partial charge in [0.25, 0.3) is 0 Å². The van der Waals surface area contributed by atoms with Gasteiger partial charge in [-0.2, -0.15) is 0 Å². The van der Waals surface area contributed by atoms with Gasteiger partial charge in [0.05, 0.1) is 24.2 Å². The van der Waals surface area contributed by atoms with Crippen LogP contribution in [0.1, 0.15) is 95.9 Å². The van der Waals surface area contributed by atoms with Crippen molar-refractivity contribution in [2.45, 2.75) is 88.4 Å². The summed E-state index contributed by atoms with van der Waals surface area (Å²) in [5.74, 6) is 0. The molecule has 2 fully saturated rings. The zero-order valence-corrected chi connectivity index (χ0v) is 26.7. The van der Waals surface area contributed by atoms with Crippen LogP contribution in [0.2, 0.25) is 0 Å². The smallest absolute Gasteiger partial charge is 0.0723 e. The van der Waals surface area contributed by atoms with Gasteiger partial charge in [-0.15, -0.1) is 0 Å². The highest BCUT2D eigenvalue weighted by Crippen LogP contribution is 2.26. The van der Waals surface area contributed by atoms with Gasteiger partial charge in [0.15, 0.2) is 0 Å². The molecule has 13 rings (SSSR count). The molecule has 0 radical (unpaired) electrons. The first kappa shape index (κ1) is 30.2. The number of aliphatic imine (C=N–C) groups is 4. The maximum absolute atomic E-state index is 5.04. The van der Waals surface area contributed by atoms with E-state index in [2.05, 4.69) is 122 Å². The number of benzene rings is 4. The lowest BCUT2D eigenvalue weighted by Gasteiger charge is -2.25. The molecular weight excluding hydrogens is 560 g/mol. The number of nitrogens with zero attached hydrogens (tertiary/aromatic N) is 4. The molecule has 7 aliphatic heterocycles. The summed E-state index contributed by atoms with van der Waals surface area (Å²) in [6.45, 7) is 0.